The molecule has 0 saturated carbocycles. The molecule has 0 atom stereocenters. The molecule has 0 aliphatic heterocycles. The van der Waals surface area contributed by atoms with Crippen LogP contribution in [0.2, 0.25) is 0 Å². The summed E-state index contributed by atoms with van der Waals surface area (Å²) in [4.78, 5) is 0. The van der Waals surface area contributed by atoms with Crippen LogP contribution in [0.5, 0.6) is 0 Å². The van der Waals surface area contributed by atoms with Crippen molar-refractivity contribution >= 4 is 23.1 Å². The second kappa shape index (κ2) is 16.0. The van der Waals surface area contributed by atoms with Crippen LogP contribution in [-0.4, -0.2) is 23.1 Å². The van der Waals surface area contributed by atoms with E-state index in [2.05, 4.69) is 0 Å². The van der Waals surface area contributed by atoms with Gasteiger partial charge in [0, 0.05) is 86.5 Å². The van der Waals surface area contributed by atoms with E-state index in [1.54, 1.807) is 0 Å². The van der Waals surface area contributed by atoms with E-state index in [0.717, 1.165) is 0 Å². The predicted molar refractivity (Wildman–Crippen MR) is 7.98 cm³/mol. The Hall–Kier alpha value is 3.62. The summed E-state index contributed by atoms with van der Waals surface area (Å²) in [5, 5.41) is 0. The maximum Gasteiger partial charge on any atom is 2.00 e. The Morgan fingerprint density at radius 3 is 1.25 bits per heavy atom. The largest absolute Gasteiger partial charge is 2.00 e. The van der Waals surface area contributed by atoms with Crippen molar-refractivity contribution in [2.24, 2.45) is 0 Å². The van der Waals surface area contributed by atoms with Crippen LogP contribution in [0.1, 0.15) is 2.85 Å². The molecule has 0 N–H and O–H groups in total. The summed E-state index contributed by atoms with van der Waals surface area (Å²) in [7, 11) is 0. The first-order valence-electron chi connectivity index (χ1n) is 0. The van der Waals surface area contributed by atoms with E-state index in [1.165, 1.54) is 0 Å². The van der Waals surface area contributed by atoms with E-state index in [-0.39, 0.29) is 112 Å². The van der Waals surface area contributed by atoms with Crippen LogP contribution in [0, 0.1) is 40.8 Å². The van der Waals surface area contributed by atoms with Gasteiger partial charge in [-0.05, 0) is 0 Å². The molecule has 0 rings (SSSR count). The van der Waals surface area contributed by atoms with Gasteiger partial charge in [-0.2, -0.15) is 0 Å². The summed E-state index contributed by atoms with van der Waals surface area (Å²) in [6.45, 7) is 0. The Bertz CT molecular complexity index is 13.5. The fraction of sp³-hybridized carbons (Fsp3) is 0. The Kier molecular flexibility index (Phi) is 102. The van der Waals surface area contributed by atoms with Gasteiger partial charge < -0.3 is 2.85 Å². The fourth-order valence-electron chi connectivity index (χ4n) is 0. The van der Waals surface area contributed by atoms with E-state index in [1.807, 2.05) is 0 Å². The summed E-state index contributed by atoms with van der Waals surface area (Å²) >= 11 is 0. The van der Waals surface area contributed by atoms with Crippen LogP contribution in [0.15, 0.2) is 0 Å². The molecule has 0 unspecified atom stereocenters. The van der Waals surface area contributed by atoms with Crippen molar-refractivity contribution < 1.29 is 89.4 Å². The normalized spacial score (nSPS) is 0. The van der Waals surface area contributed by atoms with E-state index in [0.29, 0.717) is 0 Å². The molecule has 0 radical (unpaired) electrons. The van der Waals surface area contributed by atoms with Crippen molar-refractivity contribution in [1.29, 1.82) is 0 Å². The van der Waals surface area contributed by atoms with Gasteiger partial charge in [-0.1, -0.05) is 0 Å². The molecule has 0 saturated heterocycles. The SMILES string of the molecule is [H-].[H-].[Mg+2].[Nd].[Zn].[Zr]. The third-order valence-corrected chi connectivity index (χ3v) is 0. The zero-order valence-electron chi connectivity index (χ0n) is 4.41. The van der Waals surface area contributed by atoms with E-state index in [4.69, 9.17) is 0 Å². The Morgan fingerprint density at radius 1 is 1.25 bits per heavy atom. The number of hydrogen-bond acceptors (Lipinski definition) is 0. The van der Waals surface area contributed by atoms with Gasteiger partial charge in [-0.3, -0.25) is 0 Å². The van der Waals surface area contributed by atoms with Crippen LogP contribution >= 0.6 is 0 Å². The van der Waals surface area contributed by atoms with Crippen LogP contribution in [0.4, 0.5) is 0 Å². The molecular formula is H2MgNdZnZr. The molecule has 0 amide bonds. The fourth-order valence-corrected chi connectivity index (χ4v) is 0. The van der Waals surface area contributed by atoms with Gasteiger partial charge in [0.2, 0.25) is 0 Å². The van der Waals surface area contributed by atoms with Crippen LogP contribution < -0.4 is 0 Å². The third kappa shape index (κ3) is 9.16. The van der Waals surface area contributed by atoms with Gasteiger partial charge in [0.15, 0.2) is 0 Å². The quantitative estimate of drug-likeness (QED) is 0.543. The molecule has 0 bridgehead atoms. The first-order valence-corrected chi connectivity index (χ1v) is 0. The molecule has 4 heteroatoms. The van der Waals surface area contributed by atoms with Crippen molar-refractivity contribution in [2.75, 3.05) is 0 Å². The average molecular weight is 327 g/mol. The Labute approximate surface area is 110 Å². The monoisotopic (exact) mass is 322 g/mol. The van der Waals surface area contributed by atoms with Crippen LogP contribution in [0.3, 0.4) is 0 Å². The molecule has 0 aromatic carbocycles. The second-order valence-corrected chi connectivity index (χ2v) is 0. The standard InChI is InChI=1S/Mg.Nd.Zn.Zr.2H/q+2;;;;2*-1. The average Bonchev–Trinajstić information content (AvgIpc) is 0. The smallest absolute Gasteiger partial charge is 1.00 e. The molecule has 0 aliphatic carbocycles. The Balaban J connectivity index is 0. The third-order valence-electron chi connectivity index (χ3n) is 0. The van der Waals surface area contributed by atoms with Gasteiger partial charge in [0.1, 0.15) is 0 Å². The molecule has 0 nitrogen and oxygen atoms in total. The molecule has 0 aromatic rings. The van der Waals surface area contributed by atoms with Gasteiger partial charge in [-0.25, -0.2) is 0 Å². The van der Waals surface area contributed by atoms with Gasteiger partial charge in [-0.15, -0.1) is 0 Å². The molecule has 0 spiro atoms. The topological polar surface area (TPSA) is 0 Å². The van der Waals surface area contributed by atoms with Crippen molar-refractivity contribution in [3.8, 4) is 0 Å². The maximum absolute atomic E-state index is 0. The number of rotatable bonds is 0. The van der Waals surface area contributed by atoms with Crippen LogP contribution in [0.25, 0.3) is 0 Å². The van der Waals surface area contributed by atoms with Gasteiger partial charge >= 0.3 is 23.1 Å². The minimum atomic E-state index is 0. The summed E-state index contributed by atoms with van der Waals surface area (Å²) in [5.41, 5.74) is 0. The minimum Gasteiger partial charge on any atom is -1.00 e. The molecule has 4 heavy (non-hydrogen) atoms. The first-order chi connectivity index (χ1) is 0. The second-order valence-electron chi connectivity index (χ2n) is 0. The Morgan fingerprint density at radius 2 is 1.25 bits per heavy atom. The van der Waals surface area contributed by atoms with Crippen molar-refractivity contribution in [3.05, 3.63) is 0 Å². The van der Waals surface area contributed by atoms with Gasteiger partial charge in [0.25, 0.3) is 0 Å². The molecule has 0 aromatic heterocycles. The number of hydrogen-bond donors (Lipinski definition) is 0. The molecule has 14 valence electrons. The molecule has 0 aliphatic rings. The van der Waals surface area contributed by atoms with E-state index in [9.17, 15) is 0 Å². The first kappa shape index (κ1) is 25.5. The zero-order valence-corrected chi connectivity index (χ0v) is 12.5. The summed E-state index contributed by atoms with van der Waals surface area (Å²) < 4.78 is 0. The maximum atomic E-state index is 0. The molecule has 0 fully saturated rings. The predicted octanol–water partition coefficient (Wildman–Crippen LogP) is -0.161. The van der Waals surface area contributed by atoms with Crippen molar-refractivity contribution in [3.63, 3.8) is 0 Å². The van der Waals surface area contributed by atoms with E-state index >= 15 is 0 Å². The minimum absolute atomic E-state index is 0. The van der Waals surface area contributed by atoms with E-state index < -0.39 is 0 Å². The molecular weight excluding hydrogens is 325 g/mol. The van der Waals surface area contributed by atoms with Crippen molar-refractivity contribution in [1.82, 2.24) is 0 Å². The van der Waals surface area contributed by atoms with Crippen LogP contribution in [-0.2, 0) is 45.7 Å². The van der Waals surface area contributed by atoms with Gasteiger partial charge in [0.05, 0.1) is 0 Å². The summed E-state index contributed by atoms with van der Waals surface area (Å²) in [6.07, 6.45) is 0. The summed E-state index contributed by atoms with van der Waals surface area (Å²) in [5.74, 6) is 0. The zero-order chi connectivity index (χ0) is 0. The summed E-state index contributed by atoms with van der Waals surface area (Å²) in [6, 6.07) is 0. The molecule has 0 heterocycles. The van der Waals surface area contributed by atoms with Crippen molar-refractivity contribution in [2.45, 2.75) is 0 Å².